The maximum atomic E-state index is 11.6. The third kappa shape index (κ3) is 4.16. The summed E-state index contributed by atoms with van der Waals surface area (Å²) >= 11 is 0. The third-order valence-electron chi connectivity index (χ3n) is 1.63. The number of nitrogens with zero attached hydrogens (tertiary/aromatic N) is 2. The van der Waals surface area contributed by atoms with E-state index in [-0.39, 0.29) is 12.2 Å². The normalized spacial score (nSPS) is 10.9. The van der Waals surface area contributed by atoms with Crippen LogP contribution in [0.3, 0.4) is 0 Å². The van der Waals surface area contributed by atoms with Crippen molar-refractivity contribution in [2.24, 2.45) is 0 Å². The Hall–Kier alpha value is -1.78. The van der Waals surface area contributed by atoms with Gasteiger partial charge in [-0.2, -0.15) is 10.2 Å². The van der Waals surface area contributed by atoms with Crippen LogP contribution in [0.15, 0.2) is 18.5 Å². The molecule has 0 aliphatic heterocycles. The second kappa shape index (κ2) is 4.83. The number of carbonyl (C=O) groups excluding carboxylic acids is 2. The summed E-state index contributed by atoms with van der Waals surface area (Å²) in [4.78, 5) is 22.9. The molecule has 0 unspecified atom stereocenters. The number of hydrogen-bond donors (Lipinski definition) is 0. The van der Waals surface area contributed by atoms with Gasteiger partial charge in [0.05, 0.1) is 12.4 Å². The zero-order chi connectivity index (χ0) is 12.2. The molecule has 16 heavy (non-hydrogen) atoms. The zero-order valence-corrected chi connectivity index (χ0v) is 9.56. The van der Waals surface area contributed by atoms with Crippen LogP contribution < -0.4 is 0 Å². The van der Waals surface area contributed by atoms with E-state index in [1.165, 1.54) is 18.5 Å². The summed E-state index contributed by atoms with van der Waals surface area (Å²) in [6.07, 6.45) is 2.46. The number of esters is 1. The van der Waals surface area contributed by atoms with Gasteiger partial charge in [0.2, 0.25) is 0 Å². The molecule has 1 rings (SSSR count). The van der Waals surface area contributed by atoms with Crippen molar-refractivity contribution in [3.63, 3.8) is 0 Å². The van der Waals surface area contributed by atoms with Gasteiger partial charge >= 0.3 is 5.97 Å². The summed E-state index contributed by atoms with van der Waals surface area (Å²) in [5.74, 6) is -0.849. The monoisotopic (exact) mass is 222 g/mol. The quantitative estimate of drug-likeness (QED) is 0.439. The first-order chi connectivity index (χ1) is 7.38. The van der Waals surface area contributed by atoms with Crippen LogP contribution in [0.4, 0.5) is 0 Å². The fourth-order valence-electron chi connectivity index (χ4n) is 1.07. The van der Waals surface area contributed by atoms with Gasteiger partial charge in [-0.3, -0.25) is 9.59 Å². The molecule has 5 nitrogen and oxygen atoms in total. The van der Waals surface area contributed by atoms with Gasteiger partial charge in [0.1, 0.15) is 12.0 Å². The van der Waals surface area contributed by atoms with Crippen molar-refractivity contribution in [3.8, 4) is 0 Å². The van der Waals surface area contributed by atoms with Crippen LogP contribution in [0, 0.1) is 0 Å². The van der Waals surface area contributed by atoms with Crippen LogP contribution in [-0.4, -0.2) is 27.6 Å². The highest BCUT2D eigenvalue weighted by Gasteiger charge is 2.19. The van der Waals surface area contributed by atoms with Crippen molar-refractivity contribution in [1.29, 1.82) is 0 Å². The molecule has 0 atom stereocenters. The Morgan fingerprint density at radius 3 is 2.50 bits per heavy atom. The Bertz CT molecular complexity index is 382. The van der Waals surface area contributed by atoms with Gasteiger partial charge in [-0.25, -0.2) is 0 Å². The van der Waals surface area contributed by atoms with Gasteiger partial charge in [0.25, 0.3) is 0 Å². The molecule has 0 amide bonds. The molecule has 0 fully saturated rings. The average molecular weight is 222 g/mol. The fraction of sp³-hybridized carbons (Fsp3) is 0.455. The highest BCUT2D eigenvalue weighted by Crippen LogP contribution is 2.10. The first kappa shape index (κ1) is 12.3. The third-order valence-corrected chi connectivity index (χ3v) is 1.63. The van der Waals surface area contributed by atoms with Gasteiger partial charge in [-0.15, -0.1) is 0 Å². The van der Waals surface area contributed by atoms with Crippen LogP contribution in [0.25, 0.3) is 0 Å². The first-order valence-electron chi connectivity index (χ1n) is 4.90. The van der Waals surface area contributed by atoms with Gasteiger partial charge in [0, 0.05) is 5.56 Å². The van der Waals surface area contributed by atoms with Crippen molar-refractivity contribution in [1.82, 2.24) is 10.2 Å². The molecule has 1 aromatic rings. The summed E-state index contributed by atoms with van der Waals surface area (Å²) in [6.45, 7) is 5.26. The Kier molecular flexibility index (Phi) is 3.71. The number of carbonyl (C=O) groups is 2. The van der Waals surface area contributed by atoms with Crippen molar-refractivity contribution < 1.29 is 14.3 Å². The van der Waals surface area contributed by atoms with Crippen LogP contribution >= 0.6 is 0 Å². The molecule has 0 N–H and O–H groups in total. The molecule has 0 aliphatic carbocycles. The summed E-state index contributed by atoms with van der Waals surface area (Å²) in [6, 6.07) is 1.51. The predicted octanol–water partition coefficient (Wildman–Crippen LogP) is 1.39. The minimum Gasteiger partial charge on any atom is -0.460 e. The molecular weight excluding hydrogens is 208 g/mol. The number of hydrogen-bond acceptors (Lipinski definition) is 5. The fourth-order valence-corrected chi connectivity index (χ4v) is 1.07. The smallest absolute Gasteiger partial charge is 0.314 e. The van der Waals surface area contributed by atoms with E-state index in [2.05, 4.69) is 10.2 Å². The molecule has 0 radical (unpaired) electrons. The van der Waals surface area contributed by atoms with E-state index in [9.17, 15) is 9.59 Å². The summed E-state index contributed by atoms with van der Waals surface area (Å²) in [7, 11) is 0. The standard InChI is InChI=1S/C11H14N2O3/c1-11(2,3)16-10(15)6-9(14)8-4-5-12-13-7-8/h4-5,7H,6H2,1-3H3. The van der Waals surface area contributed by atoms with E-state index in [0.29, 0.717) is 5.56 Å². The lowest BCUT2D eigenvalue weighted by molar-refractivity contribution is -0.153. The number of rotatable bonds is 3. The predicted molar refractivity (Wildman–Crippen MR) is 56.8 cm³/mol. The second-order valence-electron chi connectivity index (χ2n) is 4.32. The van der Waals surface area contributed by atoms with Gasteiger partial charge in [0.15, 0.2) is 5.78 Å². The topological polar surface area (TPSA) is 69.2 Å². The highest BCUT2D eigenvalue weighted by molar-refractivity contribution is 6.05. The Balaban J connectivity index is 2.56. The first-order valence-corrected chi connectivity index (χ1v) is 4.90. The lowest BCUT2D eigenvalue weighted by atomic mass is 10.1. The number of ketones is 1. The minimum absolute atomic E-state index is 0.275. The molecule has 1 heterocycles. The molecule has 0 saturated carbocycles. The van der Waals surface area contributed by atoms with E-state index < -0.39 is 11.6 Å². The zero-order valence-electron chi connectivity index (χ0n) is 9.56. The number of ether oxygens (including phenoxy) is 1. The molecule has 0 aromatic carbocycles. The van der Waals surface area contributed by atoms with Gasteiger partial charge in [-0.05, 0) is 26.8 Å². The van der Waals surface area contributed by atoms with Gasteiger partial charge < -0.3 is 4.74 Å². The molecule has 5 heteroatoms. The molecule has 86 valence electrons. The molecule has 0 spiro atoms. The molecule has 0 bridgehead atoms. The average Bonchev–Trinajstić information content (AvgIpc) is 2.16. The maximum absolute atomic E-state index is 11.6. The van der Waals surface area contributed by atoms with E-state index in [0.717, 1.165) is 0 Å². The lowest BCUT2D eigenvalue weighted by Gasteiger charge is -2.19. The summed E-state index contributed by atoms with van der Waals surface area (Å²) < 4.78 is 5.03. The van der Waals surface area contributed by atoms with E-state index in [4.69, 9.17) is 4.74 Å². The molecular formula is C11H14N2O3. The molecule has 1 aromatic heterocycles. The van der Waals surface area contributed by atoms with E-state index in [1.54, 1.807) is 20.8 Å². The van der Waals surface area contributed by atoms with Crippen LogP contribution in [0.5, 0.6) is 0 Å². The van der Waals surface area contributed by atoms with Crippen molar-refractivity contribution in [3.05, 3.63) is 24.0 Å². The lowest BCUT2D eigenvalue weighted by Crippen LogP contribution is -2.25. The Labute approximate surface area is 93.8 Å². The van der Waals surface area contributed by atoms with Crippen molar-refractivity contribution in [2.45, 2.75) is 32.8 Å². The largest absolute Gasteiger partial charge is 0.460 e. The molecule has 0 saturated heterocycles. The minimum atomic E-state index is -0.576. The molecule has 0 aliphatic rings. The number of aromatic nitrogens is 2. The summed E-state index contributed by atoms with van der Waals surface area (Å²) in [5, 5.41) is 7.11. The maximum Gasteiger partial charge on any atom is 0.314 e. The Morgan fingerprint density at radius 2 is 2.00 bits per heavy atom. The van der Waals surface area contributed by atoms with Crippen LogP contribution in [0.2, 0.25) is 0 Å². The van der Waals surface area contributed by atoms with Crippen LogP contribution in [0.1, 0.15) is 37.6 Å². The van der Waals surface area contributed by atoms with Crippen molar-refractivity contribution in [2.75, 3.05) is 0 Å². The second-order valence-corrected chi connectivity index (χ2v) is 4.32. The van der Waals surface area contributed by atoms with E-state index >= 15 is 0 Å². The van der Waals surface area contributed by atoms with E-state index in [1.807, 2.05) is 0 Å². The van der Waals surface area contributed by atoms with Gasteiger partial charge in [-0.1, -0.05) is 0 Å². The highest BCUT2D eigenvalue weighted by atomic mass is 16.6. The number of Topliss-reactive ketones (excluding diaryl/α,β-unsaturated/α-hetero) is 1. The van der Waals surface area contributed by atoms with Crippen LogP contribution in [-0.2, 0) is 9.53 Å². The summed E-state index contributed by atoms with van der Waals surface area (Å²) in [5.41, 5.74) is -0.214. The SMILES string of the molecule is CC(C)(C)OC(=O)CC(=O)c1ccnnc1. The Morgan fingerprint density at radius 1 is 1.31 bits per heavy atom. The van der Waals surface area contributed by atoms with Crippen molar-refractivity contribution >= 4 is 11.8 Å².